The molecule has 3 rings (SSSR count). The molecule has 1 aromatic carbocycles. The Morgan fingerprint density at radius 3 is 2.90 bits per heavy atom. The highest BCUT2D eigenvalue weighted by molar-refractivity contribution is 5.32. The molecule has 1 heterocycles. The van der Waals surface area contributed by atoms with Crippen LogP contribution in [0.5, 0.6) is 0 Å². The zero-order valence-electron chi connectivity index (χ0n) is 12.8. The average molecular weight is 283 g/mol. The molecule has 112 valence electrons. The van der Waals surface area contributed by atoms with Crippen molar-refractivity contribution >= 4 is 0 Å². The molecule has 0 spiro atoms. The summed E-state index contributed by atoms with van der Waals surface area (Å²) in [5.41, 5.74) is 3.02. The van der Waals surface area contributed by atoms with E-state index in [1.54, 1.807) is 6.26 Å². The first-order valence-corrected chi connectivity index (χ1v) is 8.22. The zero-order valence-corrected chi connectivity index (χ0v) is 12.8. The van der Waals surface area contributed by atoms with Gasteiger partial charge in [-0.15, -0.1) is 0 Å². The highest BCUT2D eigenvalue weighted by Crippen LogP contribution is 2.35. The van der Waals surface area contributed by atoms with Crippen LogP contribution in [-0.4, -0.2) is 6.54 Å². The summed E-state index contributed by atoms with van der Waals surface area (Å²) in [5, 5.41) is 3.79. The van der Waals surface area contributed by atoms with Gasteiger partial charge < -0.3 is 9.73 Å². The Balaban J connectivity index is 1.86. The van der Waals surface area contributed by atoms with Gasteiger partial charge in [-0.2, -0.15) is 0 Å². The molecule has 0 bridgehead atoms. The molecule has 1 aliphatic rings. The number of rotatable bonds is 5. The third-order valence-electron chi connectivity index (χ3n) is 4.54. The first-order chi connectivity index (χ1) is 10.4. The Kier molecular flexibility index (Phi) is 4.76. The molecule has 0 amide bonds. The summed E-state index contributed by atoms with van der Waals surface area (Å²) in [6.45, 7) is 3.31. The van der Waals surface area contributed by atoms with E-state index in [2.05, 4.69) is 42.6 Å². The summed E-state index contributed by atoms with van der Waals surface area (Å²) < 4.78 is 5.59. The van der Waals surface area contributed by atoms with Gasteiger partial charge in [0, 0.05) is 12.5 Å². The van der Waals surface area contributed by atoms with Crippen LogP contribution in [0.15, 0.2) is 47.1 Å². The van der Waals surface area contributed by atoms with Crippen LogP contribution < -0.4 is 5.32 Å². The second-order valence-corrected chi connectivity index (χ2v) is 6.07. The van der Waals surface area contributed by atoms with E-state index < -0.39 is 0 Å². The van der Waals surface area contributed by atoms with Crippen LogP contribution in [0.25, 0.3) is 0 Å². The predicted octanol–water partition coefficient (Wildman–Crippen LogP) is 4.52. The van der Waals surface area contributed by atoms with Crippen molar-refractivity contribution in [3.63, 3.8) is 0 Å². The second kappa shape index (κ2) is 6.95. The average Bonchev–Trinajstić information content (AvgIpc) is 2.95. The summed E-state index contributed by atoms with van der Waals surface area (Å²) in [6, 6.07) is 13.5. The van der Waals surface area contributed by atoms with E-state index in [1.807, 2.05) is 6.07 Å². The number of hydrogen-bond donors (Lipinski definition) is 1. The molecule has 1 aliphatic carbocycles. The van der Waals surface area contributed by atoms with Gasteiger partial charge >= 0.3 is 0 Å². The Labute approximate surface area is 127 Å². The minimum absolute atomic E-state index is 0.453. The lowest BCUT2D eigenvalue weighted by atomic mass is 9.87. The van der Waals surface area contributed by atoms with Crippen LogP contribution in [-0.2, 0) is 12.8 Å². The van der Waals surface area contributed by atoms with Gasteiger partial charge in [0.15, 0.2) is 0 Å². The molecule has 2 heteroatoms. The fraction of sp³-hybridized carbons (Fsp3) is 0.474. The van der Waals surface area contributed by atoms with Gasteiger partial charge in [-0.05, 0) is 61.4 Å². The Morgan fingerprint density at radius 1 is 1.19 bits per heavy atom. The quantitative estimate of drug-likeness (QED) is 0.816. The summed E-state index contributed by atoms with van der Waals surface area (Å²) in [5.74, 6) is 1.73. The minimum atomic E-state index is 0.453. The summed E-state index contributed by atoms with van der Waals surface area (Å²) in [4.78, 5) is 0. The molecule has 2 atom stereocenters. The van der Waals surface area contributed by atoms with Crippen LogP contribution in [0.4, 0.5) is 0 Å². The van der Waals surface area contributed by atoms with E-state index >= 15 is 0 Å². The highest BCUT2D eigenvalue weighted by Gasteiger charge is 2.27. The monoisotopic (exact) mass is 283 g/mol. The third kappa shape index (κ3) is 3.38. The van der Waals surface area contributed by atoms with Crippen molar-refractivity contribution in [1.82, 2.24) is 5.32 Å². The van der Waals surface area contributed by atoms with E-state index in [9.17, 15) is 0 Å². The van der Waals surface area contributed by atoms with E-state index in [0.29, 0.717) is 12.0 Å². The largest absolute Gasteiger partial charge is 0.469 e. The standard InChI is InChI=1S/C19H25NO/c1-2-12-20-19-16(14-17-10-6-13-21-17)9-5-8-15-7-3-4-11-18(15)19/h3-4,6-7,10-11,13,16,19-20H,2,5,8-9,12,14H2,1H3. The van der Waals surface area contributed by atoms with Gasteiger partial charge in [0.25, 0.3) is 0 Å². The van der Waals surface area contributed by atoms with Crippen LogP contribution in [0, 0.1) is 5.92 Å². The highest BCUT2D eigenvalue weighted by atomic mass is 16.3. The summed E-state index contributed by atoms with van der Waals surface area (Å²) >= 11 is 0. The van der Waals surface area contributed by atoms with Gasteiger partial charge in [-0.1, -0.05) is 31.2 Å². The molecular weight excluding hydrogens is 258 g/mol. The lowest BCUT2D eigenvalue weighted by molar-refractivity contribution is 0.320. The first-order valence-electron chi connectivity index (χ1n) is 8.22. The molecule has 2 nitrogen and oxygen atoms in total. The fourth-order valence-corrected chi connectivity index (χ4v) is 3.52. The van der Waals surface area contributed by atoms with Gasteiger partial charge in [-0.25, -0.2) is 0 Å². The minimum Gasteiger partial charge on any atom is -0.469 e. The van der Waals surface area contributed by atoms with Crippen molar-refractivity contribution in [1.29, 1.82) is 0 Å². The van der Waals surface area contributed by atoms with Crippen molar-refractivity contribution in [2.75, 3.05) is 6.54 Å². The second-order valence-electron chi connectivity index (χ2n) is 6.07. The van der Waals surface area contributed by atoms with Gasteiger partial charge in [0.1, 0.15) is 5.76 Å². The molecule has 0 fully saturated rings. The summed E-state index contributed by atoms with van der Waals surface area (Å²) in [6.07, 6.45) is 7.72. The van der Waals surface area contributed by atoms with E-state index in [4.69, 9.17) is 4.42 Å². The maximum absolute atomic E-state index is 5.59. The van der Waals surface area contributed by atoms with Crippen molar-refractivity contribution in [3.05, 3.63) is 59.5 Å². The van der Waals surface area contributed by atoms with Crippen LogP contribution in [0.2, 0.25) is 0 Å². The molecule has 0 aliphatic heterocycles. The lowest BCUT2D eigenvalue weighted by Gasteiger charge is -2.27. The topological polar surface area (TPSA) is 25.2 Å². The zero-order chi connectivity index (χ0) is 14.5. The van der Waals surface area contributed by atoms with Crippen molar-refractivity contribution < 1.29 is 4.42 Å². The SMILES string of the molecule is CCCNC1c2ccccc2CCCC1Cc1ccco1. The third-order valence-corrected chi connectivity index (χ3v) is 4.54. The summed E-state index contributed by atoms with van der Waals surface area (Å²) in [7, 11) is 0. The number of aryl methyl sites for hydroxylation is 1. The van der Waals surface area contributed by atoms with Crippen LogP contribution in [0.3, 0.4) is 0 Å². The van der Waals surface area contributed by atoms with Gasteiger partial charge in [0.05, 0.1) is 6.26 Å². The number of fused-ring (bicyclic) bond motifs is 1. The number of benzene rings is 1. The molecule has 1 N–H and O–H groups in total. The Hall–Kier alpha value is -1.54. The number of hydrogen-bond acceptors (Lipinski definition) is 2. The molecule has 21 heavy (non-hydrogen) atoms. The van der Waals surface area contributed by atoms with Crippen molar-refractivity contribution in [3.8, 4) is 0 Å². The van der Waals surface area contributed by atoms with Crippen molar-refractivity contribution in [2.45, 2.75) is 45.1 Å². The molecule has 2 aromatic rings. The molecule has 1 aromatic heterocycles. The lowest BCUT2D eigenvalue weighted by Crippen LogP contribution is -2.30. The van der Waals surface area contributed by atoms with E-state index in [0.717, 1.165) is 18.7 Å². The fourth-order valence-electron chi connectivity index (χ4n) is 3.52. The normalized spacial score (nSPS) is 21.8. The maximum Gasteiger partial charge on any atom is 0.104 e. The smallest absolute Gasteiger partial charge is 0.104 e. The number of nitrogens with one attached hydrogen (secondary N) is 1. The Bertz CT molecular complexity index is 546. The molecule has 0 radical (unpaired) electrons. The maximum atomic E-state index is 5.59. The molecule has 2 unspecified atom stereocenters. The van der Waals surface area contributed by atoms with Crippen LogP contribution in [0.1, 0.15) is 49.1 Å². The predicted molar refractivity (Wildman–Crippen MR) is 86.3 cm³/mol. The van der Waals surface area contributed by atoms with E-state index in [1.165, 1.54) is 36.8 Å². The molecule has 0 saturated carbocycles. The van der Waals surface area contributed by atoms with Crippen LogP contribution >= 0.6 is 0 Å². The first kappa shape index (κ1) is 14.4. The van der Waals surface area contributed by atoms with E-state index in [-0.39, 0.29) is 0 Å². The molecular formula is C19H25NO. The van der Waals surface area contributed by atoms with Crippen molar-refractivity contribution in [2.24, 2.45) is 5.92 Å². The van der Waals surface area contributed by atoms with Gasteiger partial charge in [0.2, 0.25) is 0 Å². The number of furan rings is 1. The van der Waals surface area contributed by atoms with Gasteiger partial charge in [-0.3, -0.25) is 0 Å². The Morgan fingerprint density at radius 2 is 2.10 bits per heavy atom. The molecule has 0 saturated heterocycles.